The molecule has 0 radical (unpaired) electrons. The van der Waals surface area contributed by atoms with Crippen molar-refractivity contribution < 1.29 is 25.2 Å². The summed E-state index contributed by atoms with van der Waals surface area (Å²) in [7, 11) is 0. The summed E-state index contributed by atoms with van der Waals surface area (Å²) in [6.45, 7) is -1.36. The third-order valence-corrected chi connectivity index (χ3v) is 3.16. The molecular weight excluding hydrogens is 258 g/mol. The van der Waals surface area contributed by atoms with Gasteiger partial charge in [0.15, 0.2) is 0 Å². The molecule has 4 atom stereocenters. The predicted molar refractivity (Wildman–Crippen MR) is 61.9 cm³/mol. The fourth-order valence-corrected chi connectivity index (χ4v) is 2.13. The highest BCUT2D eigenvalue weighted by Crippen LogP contribution is 2.34. The van der Waals surface area contributed by atoms with Crippen LogP contribution >= 0.6 is 0 Å². The van der Waals surface area contributed by atoms with Gasteiger partial charge in [-0.1, -0.05) is 0 Å². The van der Waals surface area contributed by atoms with Crippen molar-refractivity contribution in [1.29, 1.82) is 0 Å². The van der Waals surface area contributed by atoms with E-state index in [2.05, 4.69) is 4.98 Å². The molecule has 0 aromatic carbocycles. The van der Waals surface area contributed by atoms with Gasteiger partial charge in [0.05, 0.1) is 13.2 Å². The summed E-state index contributed by atoms with van der Waals surface area (Å²) in [4.78, 5) is 15.2. The predicted octanol–water partition coefficient (Wildman–Crippen LogP) is -3.42. The maximum atomic E-state index is 11.8. The number of aliphatic hydroxyl groups excluding tert-OH is 4. The lowest BCUT2D eigenvalue weighted by atomic mass is 10.0. The summed E-state index contributed by atoms with van der Waals surface area (Å²) < 4.78 is 6.10. The Balaban J connectivity index is 2.52. The molecule has 9 nitrogen and oxygen atoms in total. The number of nitrogens with zero attached hydrogens (tertiary/aromatic N) is 2. The van der Waals surface area contributed by atoms with Gasteiger partial charge in [0.1, 0.15) is 24.1 Å². The van der Waals surface area contributed by atoms with E-state index in [0.29, 0.717) is 0 Å². The highest BCUT2D eigenvalue weighted by molar-refractivity contribution is 5.24. The number of hydrogen-bond acceptors (Lipinski definition) is 8. The number of anilines is 1. The monoisotopic (exact) mass is 273 g/mol. The Morgan fingerprint density at radius 2 is 2.16 bits per heavy atom. The van der Waals surface area contributed by atoms with Crippen LogP contribution in [0.15, 0.2) is 17.1 Å². The van der Waals surface area contributed by atoms with E-state index >= 15 is 0 Å². The van der Waals surface area contributed by atoms with E-state index in [0.717, 1.165) is 4.57 Å². The zero-order chi connectivity index (χ0) is 14.2. The van der Waals surface area contributed by atoms with Crippen molar-refractivity contribution in [2.24, 2.45) is 0 Å². The van der Waals surface area contributed by atoms with Gasteiger partial charge in [-0.05, 0) is 6.07 Å². The average Bonchev–Trinajstić information content (AvgIpc) is 2.64. The third-order valence-electron chi connectivity index (χ3n) is 3.16. The summed E-state index contributed by atoms with van der Waals surface area (Å²) in [6, 6.07) is 1.29. The summed E-state index contributed by atoms with van der Waals surface area (Å²) in [5.41, 5.74) is 2.60. The molecule has 1 aliphatic heterocycles. The quantitative estimate of drug-likeness (QED) is 0.382. The molecule has 4 unspecified atom stereocenters. The van der Waals surface area contributed by atoms with Crippen LogP contribution in [0.4, 0.5) is 5.82 Å². The average molecular weight is 273 g/mol. The third kappa shape index (κ3) is 2.01. The smallest absolute Gasteiger partial charge is 0.352 e. The Labute approximate surface area is 107 Å². The molecule has 19 heavy (non-hydrogen) atoms. The second-order valence-corrected chi connectivity index (χ2v) is 4.28. The molecule has 2 heterocycles. The van der Waals surface area contributed by atoms with Gasteiger partial charge < -0.3 is 30.9 Å². The minimum absolute atomic E-state index is 0.0268. The van der Waals surface area contributed by atoms with Crippen molar-refractivity contribution in [2.45, 2.75) is 24.0 Å². The van der Waals surface area contributed by atoms with E-state index in [9.17, 15) is 20.1 Å². The number of aliphatic hydroxyl groups is 4. The Kier molecular flexibility index (Phi) is 3.56. The lowest BCUT2D eigenvalue weighted by Gasteiger charge is -2.31. The fourth-order valence-electron chi connectivity index (χ4n) is 2.13. The van der Waals surface area contributed by atoms with Crippen LogP contribution in [0.25, 0.3) is 0 Å². The van der Waals surface area contributed by atoms with Crippen LogP contribution in [-0.2, 0) is 10.5 Å². The molecular formula is C10H15N3O6. The van der Waals surface area contributed by atoms with E-state index in [4.69, 9.17) is 15.6 Å². The maximum Gasteiger partial charge on any atom is 0.352 e. The van der Waals surface area contributed by atoms with Gasteiger partial charge in [-0.25, -0.2) is 4.79 Å². The molecule has 1 aromatic rings. The van der Waals surface area contributed by atoms with Gasteiger partial charge in [0.2, 0.25) is 5.72 Å². The van der Waals surface area contributed by atoms with Crippen molar-refractivity contribution in [3.8, 4) is 0 Å². The van der Waals surface area contributed by atoms with Crippen LogP contribution in [-0.4, -0.2) is 61.5 Å². The van der Waals surface area contributed by atoms with Crippen LogP contribution < -0.4 is 11.4 Å². The van der Waals surface area contributed by atoms with Gasteiger partial charge in [-0.15, -0.1) is 0 Å². The molecule has 6 N–H and O–H groups in total. The van der Waals surface area contributed by atoms with Crippen LogP contribution in [0.2, 0.25) is 0 Å². The van der Waals surface area contributed by atoms with E-state index in [-0.39, 0.29) is 5.82 Å². The van der Waals surface area contributed by atoms with E-state index in [1.165, 1.54) is 12.3 Å². The van der Waals surface area contributed by atoms with Crippen molar-refractivity contribution in [2.75, 3.05) is 18.9 Å². The number of ether oxygens (including phenoxy) is 1. The van der Waals surface area contributed by atoms with Gasteiger partial charge in [0.25, 0.3) is 0 Å². The Hall–Kier alpha value is -1.52. The Bertz CT molecular complexity index is 520. The first kappa shape index (κ1) is 13.9. The summed E-state index contributed by atoms with van der Waals surface area (Å²) in [5.74, 6) is -0.0268. The maximum absolute atomic E-state index is 11.8. The highest BCUT2D eigenvalue weighted by Gasteiger charge is 2.55. The largest absolute Gasteiger partial charge is 0.394 e. The lowest BCUT2D eigenvalue weighted by Crippen LogP contribution is -2.53. The first-order valence-corrected chi connectivity index (χ1v) is 5.57. The Morgan fingerprint density at radius 1 is 1.47 bits per heavy atom. The first-order chi connectivity index (χ1) is 8.96. The molecule has 0 spiro atoms. The minimum atomic E-state index is -1.90. The van der Waals surface area contributed by atoms with Crippen LogP contribution in [0.3, 0.4) is 0 Å². The molecule has 1 saturated heterocycles. The number of nitrogens with two attached hydrogens (primary N) is 1. The van der Waals surface area contributed by atoms with Gasteiger partial charge in [0, 0.05) is 6.20 Å². The molecule has 1 fully saturated rings. The van der Waals surface area contributed by atoms with Crippen molar-refractivity contribution in [3.05, 3.63) is 22.7 Å². The van der Waals surface area contributed by atoms with Crippen molar-refractivity contribution >= 4 is 5.82 Å². The minimum Gasteiger partial charge on any atom is -0.394 e. The van der Waals surface area contributed by atoms with E-state index in [1.807, 2.05) is 0 Å². The second-order valence-electron chi connectivity index (χ2n) is 4.28. The zero-order valence-corrected chi connectivity index (χ0v) is 9.88. The number of nitrogen functional groups attached to an aromatic ring is 1. The van der Waals surface area contributed by atoms with Crippen LogP contribution in [0.5, 0.6) is 0 Å². The number of aromatic nitrogens is 2. The molecule has 106 valence electrons. The highest BCUT2D eigenvalue weighted by atomic mass is 16.6. The van der Waals surface area contributed by atoms with Crippen molar-refractivity contribution in [3.63, 3.8) is 0 Å². The normalized spacial score (nSPS) is 34.6. The van der Waals surface area contributed by atoms with E-state index < -0.39 is 42.9 Å². The molecule has 0 aliphatic carbocycles. The molecule has 0 saturated carbocycles. The van der Waals surface area contributed by atoms with Crippen molar-refractivity contribution in [1.82, 2.24) is 9.55 Å². The summed E-state index contributed by atoms with van der Waals surface area (Å²) in [5, 5.41) is 38.2. The number of rotatable bonds is 3. The topological polar surface area (TPSA) is 151 Å². The molecule has 1 aromatic heterocycles. The zero-order valence-electron chi connectivity index (χ0n) is 9.88. The molecule has 1 aliphatic rings. The first-order valence-electron chi connectivity index (χ1n) is 5.57. The fraction of sp³-hybridized carbons (Fsp3) is 0.600. The van der Waals surface area contributed by atoms with Gasteiger partial charge in [-0.3, -0.25) is 4.57 Å². The molecule has 0 bridgehead atoms. The molecule has 0 amide bonds. The van der Waals surface area contributed by atoms with Gasteiger partial charge in [-0.2, -0.15) is 4.98 Å². The second kappa shape index (κ2) is 4.87. The van der Waals surface area contributed by atoms with Crippen LogP contribution in [0.1, 0.15) is 0 Å². The Morgan fingerprint density at radius 3 is 2.63 bits per heavy atom. The molecule has 9 heteroatoms. The standard InChI is InChI=1S/C10H15N3O6/c11-6-1-2-13(9(18)12-6)10(4-15)8(17)7(16)5(3-14)19-10/h1-2,5,7-8,14-17H,3-4H2,(H2,11,12,18). The van der Waals surface area contributed by atoms with Crippen LogP contribution in [0, 0.1) is 0 Å². The molecule has 2 rings (SSSR count). The van der Waals surface area contributed by atoms with Gasteiger partial charge >= 0.3 is 5.69 Å². The summed E-state index contributed by atoms with van der Waals surface area (Å²) in [6.07, 6.45) is -2.97. The summed E-state index contributed by atoms with van der Waals surface area (Å²) >= 11 is 0. The SMILES string of the molecule is Nc1ccn(C2(CO)OC(CO)C(O)C2O)c(=O)n1. The lowest BCUT2D eigenvalue weighted by molar-refractivity contribution is -0.174. The number of hydrogen-bond donors (Lipinski definition) is 5. The van der Waals surface area contributed by atoms with E-state index in [1.54, 1.807) is 0 Å².